The smallest absolute Gasteiger partial charge is 0.180 e. The molecule has 1 aliphatic rings. The second-order valence-corrected chi connectivity index (χ2v) is 19.4. The summed E-state index contributed by atoms with van der Waals surface area (Å²) < 4.78 is 0. The highest BCUT2D eigenvalue weighted by atomic mass is 28.3. The van der Waals surface area contributed by atoms with E-state index >= 15 is 0 Å². The maximum Gasteiger partial charge on any atom is 0.180 e. The molecule has 0 unspecified atom stereocenters. The van der Waals surface area contributed by atoms with Crippen LogP contribution in [0.4, 0.5) is 17.1 Å². The zero-order chi connectivity index (χ0) is 38.4. The number of hydrogen-bond acceptors (Lipinski definition) is 1. The fourth-order valence-electron chi connectivity index (χ4n) is 9.53. The molecule has 0 bridgehead atoms. The molecule has 0 heterocycles. The van der Waals surface area contributed by atoms with Gasteiger partial charge in [-0.05, 0) is 89.8 Å². The van der Waals surface area contributed by atoms with Crippen molar-refractivity contribution >= 4 is 56.7 Å². The van der Waals surface area contributed by atoms with Crippen molar-refractivity contribution in [2.24, 2.45) is 0 Å². The Kier molecular flexibility index (Phi) is 8.58. The largest absolute Gasteiger partial charge is 0.310 e. The fourth-order valence-corrected chi connectivity index (χ4v) is 14.5. The van der Waals surface area contributed by atoms with E-state index in [4.69, 9.17) is 0 Å². The van der Waals surface area contributed by atoms with Crippen molar-refractivity contribution in [3.8, 4) is 22.3 Å². The minimum atomic E-state index is -2.81. The second kappa shape index (κ2) is 14.1. The van der Waals surface area contributed by atoms with Crippen molar-refractivity contribution < 1.29 is 0 Å². The van der Waals surface area contributed by atoms with Gasteiger partial charge in [0.1, 0.15) is 0 Å². The van der Waals surface area contributed by atoms with Gasteiger partial charge in [0.2, 0.25) is 0 Å². The predicted molar refractivity (Wildman–Crippen MR) is 245 cm³/mol. The number of hydrogen-bond donors (Lipinski definition) is 0. The van der Waals surface area contributed by atoms with Crippen molar-refractivity contribution in [1.82, 2.24) is 0 Å². The van der Waals surface area contributed by atoms with Gasteiger partial charge < -0.3 is 4.90 Å². The third kappa shape index (κ3) is 5.67. The van der Waals surface area contributed by atoms with Crippen LogP contribution in [0.2, 0.25) is 0 Å². The number of benzene rings is 9. The molecule has 1 nitrogen and oxygen atoms in total. The summed E-state index contributed by atoms with van der Waals surface area (Å²) in [5, 5.41) is 8.00. The summed E-state index contributed by atoms with van der Waals surface area (Å²) in [5.74, 6) is 0. The lowest BCUT2D eigenvalue weighted by Crippen LogP contribution is -2.74. The summed E-state index contributed by atoms with van der Waals surface area (Å²) in [6.45, 7) is 4.73. The molecule has 0 spiro atoms. The number of rotatable bonds is 8. The van der Waals surface area contributed by atoms with Crippen LogP contribution in [0, 0.1) is 0 Å². The Morgan fingerprint density at radius 3 is 1.46 bits per heavy atom. The first-order valence-electron chi connectivity index (χ1n) is 19.9. The Morgan fingerprint density at radius 1 is 0.368 bits per heavy atom. The zero-order valence-electron chi connectivity index (χ0n) is 32.3. The highest BCUT2D eigenvalue weighted by molar-refractivity contribution is 7.20. The van der Waals surface area contributed by atoms with Crippen LogP contribution >= 0.6 is 0 Å². The zero-order valence-corrected chi connectivity index (χ0v) is 33.3. The molecule has 0 fully saturated rings. The van der Waals surface area contributed by atoms with E-state index < -0.39 is 8.07 Å². The first-order valence-corrected chi connectivity index (χ1v) is 21.9. The van der Waals surface area contributed by atoms with Gasteiger partial charge in [-0.2, -0.15) is 0 Å². The molecule has 272 valence electrons. The Balaban J connectivity index is 1.23. The molecule has 57 heavy (non-hydrogen) atoms. The molecule has 0 saturated heterocycles. The van der Waals surface area contributed by atoms with Crippen LogP contribution in [-0.4, -0.2) is 8.07 Å². The Hall–Kier alpha value is -6.74. The normalized spacial score (nSPS) is 12.9. The third-order valence-corrected chi connectivity index (χ3v) is 17.1. The Bertz CT molecular complexity index is 2750. The molecule has 0 saturated carbocycles. The van der Waals surface area contributed by atoms with Crippen molar-refractivity contribution in [2.45, 2.75) is 19.3 Å². The lowest BCUT2D eigenvalue weighted by atomic mass is 9.82. The van der Waals surface area contributed by atoms with Gasteiger partial charge >= 0.3 is 0 Å². The lowest BCUT2D eigenvalue weighted by Gasteiger charge is -2.36. The molecule has 1 aliphatic carbocycles. The van der Waals surface area contributed by atoms with Crippen LogP contribution in [0.5, 0.6) is 0 Å². The Labute approximate surface area is 337 Å². The molecule has 0 N–H and O–H groups in total. The quantitative estimate of drug-likeness (QED) is 0.111. The first-order chi connectivity index (χ1) is 28.0. The summed E-state index contributed by atoms with van der Waals surface area (Å²) in [6.07, 6.45) is 0. The highest BCUT2D eigenvalue weighted by Crippen LogP contribution is 2.51. The van der Waals surface area contributed by atoms with Crippen molar-refractivity contribution in [2.75, 3.05) is 4.90 Å². The molecule has 0 radical (unpaired) electrons. The van der Waals surface area contributed by atoms with Gasteiger partial charge in [-0.3, -0.25) is 0 Å². The van der Waals surface area contributed by atoms with Crippen LogP contribution < -0.4 is 25.6 Å². The number of fused-ring (bicyclic) bond motifs is 4. The Morgan fingerprint density at radius 2 is 0.842 bits per heavy atom. The number of nitrogens with zero attached hydrogens (tertiary/aromatic N) is 1. The lowest BCUT2D eigenvalue weighted by molar-refractivity contribution is 0.660. The topological polar surface area (TPSA) is 3.24 Å². The second-order valence-electron chi connectivity index (χ2n) is 15.7. The van der Waals surface area contributed by atoms with Crippen LogP contribution in [0.3, 0.4) is 0 Å². The van der Waals surface area contributed by atoms with Gasteiger partial charge in [-0.25, -0.2) is 0 Å². The maximum absolute atomic E-state index is 2.81. The summed E-state index contributed by atoms with van der Waals surface area (Å²) in [5.41, 5.74) is 11.1. The van der Waals surface area contributed by atoms with Gasteiger partial charge in [-0.15, -0.1) is 0 Å². The molecule has 0 aromatic heterocycles. The molecule has 0 atom stereocenters. The summed E-state index contributed by atoms with van der Waals surface area (Å²) in [7, 11) is -2.81. The van der Waals surface area contributed by atoms with E-state index in [-0.39, 0.29) is 5.41 Å². The molecule has 10 rings (SSSR count). The van der Waals surface area contributed by atoms with E-state index in [0.29, 0.717) is 0 Å². The van der Waals surface area contributed by atoms with Crippen LogP contribution in [0.1, 0.15) is 25.0 Å². The summed E-state index contributed by atoms with van der Waals surface area (Å²) >= 11 is 0. The predicted octanol–water partition coefficient (Wildman–Crippen LogP) is 11.7. The molecule has 0 amide bonds. The molecule has 9 aromatic carbocycles. The monoisotopic (exact) mass is 745 g/mol. The minimum Gasteiger partial charge on any atom is -0.310 e. The van der Waals surface area contributed by atoms with E-state index in [0.717, 1.165) is 17.1 Å². The van der Waals surface area contributed by atoms with Gasteiger partial charge in [0, 0.05) is 22.2 Å². The first kappa shape index (κ1) is 34.7. The van der Waals surface area contributed by atoms with Crippen LogP contribution in [0.25, 0.3) is 33.0 Å². The molecular formula is C55H43NSi. The van der Waals surface area contributed by atoms with Crippen molar-refractivity contribution in [3.05, 3.63) is 236 Å². The SMILES string of the molecule is CC1(C)c2ccccc2-c2ccc(N(c3ccc(-c4ccccc4)cc3)c3ccc([Si](c4ccccc4)(c4ccccc4)c4ccccc4)c4ccccc34)cc21. The fraction of sp³-hybridized carbons (Fsp3) is 0.0545. The third-order valence-electron chi connectivity index (χ3n) is 12.2. The van der Waals surface area contributed by atoms with E-state index in [2.05, 4.69) is 243 Å². The summed E-state index contributed by atoms with van der Waals surface area (Å²) in [4.78, 5) is 2.48. The average molecular weight is 746 g/mol. The van der Waals surface area contributed by atoms with E-state index in [9.17, 15) is 0 Å². The van der Waals surface area contributed by atoms with Gasteiger partial charge in [0.15, 0.2) is 8.07 Å². The molecule has 2 heteroatoms. The molecule has 0 aliphatic heterocycles. The van der Waals surface area contributed by atoms with E-state index in [1.807, 2.05) is 0 Å². The minimum absolute atomic E-state index is 0.122. The summed E-state index contributed by atoms with van der Waals surface area (Å²) in [6, 6.07) is 83.4. The molecule has 9 aromatic rings. The van der Waals surface area contributed by atoms with Gasteiger partial charge in [-0.1, -0.05) is 208 Å². The van der Waals surface area contributed by atoms with Gasteiger partial charge in [0.25, 0.3) is 0 Å². The number of anilines is 3. The van der Waals surface area contributed by atoms with Crippen molar-refractivity contribution in [1.29, 1.82) is 0 Å². The van der Waals surface area contributed by atoms with Gasteiger partial charge in [0.05, 0.1) is 5.69 Å². The average Bonchev–Trinajstić information content (AvgIpc) is 3.51. The van der Waals surface area contributed by atoms with E-state index in [1.165, 1.54) is 64.9 Å². The van der Waals surface area contributed by atoms with E-state index in [1.54, 1.807) is 0 Å². The van der Waals surface area contributed by atoms with Crippen molar-refractivity contribution in [3.63, 3.8) is 0 Å². The molecular weight excluding hydrogens is 703 g/mol. The van der Waals surface area contributed by atoms with Crippen LogP contribution in [0.15, 0.2) is 224 Å². The van der Waals surface area contributed by atoms with Crippen LogP contribution in [-0.2, 0) is 5.41 Å². The maximum atomic E-state index is 2.48. The highest BCUT2D eigenvalue weighted by Gasteiger charge is 2.43. The standard InChI is InChI=1S/C55H43NSi/c1-55(2)51-30-18-17-27-47(51)48-36-35-43(39-52(48)55)56(42-33-31-41(32-34-42)40-19-7-3-8-20-40)53-37-38-54(50-29-16-15-28-49(50)53)57(44-21-9-4-10-22-44,45-23-11-5-12-24-45)46-25-13-6-14-26-46/h3-39H,1-2H3.